The van der Waals surface area contributed by atoms with Crippen LogP contribution in [0.5, 0.6) is 11.5 Å². The Kier molecular flexibility index (Phi) is 8.34. The molecule has 1 heterocycles. The van der Waals surface area contributed by atoms with Crippen LogP contribution in [0.15, 0.2) is 81.5 Å². The van der Waals surface area contributed by atoms with Gasteiger partial charge < -0.3 is 9.47 Å². The largest absolute Gasteiger partial charge is 0.497 e. The molecule has 0 saturated carbocycles. The zero-order chi connectivity index (χ0) is 25.5. The minimum Gasteiger partial charge on any atom is -0.497 e. The lowest BCUT2D eigenvalue weighted by molar-refractivity contribution is -0.118. The van der Waals surface area contributed by atoms with Gasteiger partial charge in [0.1, 0.15) is 17.3 Å². The lowest BCUT2D eigenvalue weighted by Crippen LogP contribution is -2.20. The summed E-state index contributed by atoms with van der Waals surface area (Å²) in [4.78, 5) is 12.4. The van der Waals surface area contributed by atoms with Crippen LogP contribution in [0, 0.1) is 5.82 Å². The number of aromatic nitrogens is 3. The van der Waals surface area contributed by atoms with E-state index in [4.69, 9.17) is 9.47 Å². The van der Waals surface area contributed by atoms with Gasteiger partial charge in [-0.2, -0.15) is 5.10 Å². The molecule has 3 aromatic carbocycles. The van der Waals surface area contributed by atoms with E-state index in [1.54, 1.807) is 26.4 Å². The number of hydrogen-bond donors (Lipinski definition) is 1. The number of methoxy groups -OCH3 is 2. The number of nitrogens with one attached hydrogen (secondary N) is 1. The van der Waals surface area contributed by atoms with Gasteiger partial charge in [-0.15, -0.1) is 10.2 Å². The van der Waals surface area contributed by atoms with Crippen molar-refractivity contribution in [2.45, 2.75) is 5.16 Å². The molecule has 1 N–H and O–H groups in total. The molecular weight excluding hydrogens is 549 g/mol. The summed E-state index contributed by atoms with van der Waals surface area (Å²) in [6.45, 7) is 0. The van der Waals surface area contributed by atoms with Gasteiger partial charge in [0.15, 0.2) is 11.0 Å². The third-order valence-electron chi connectivity index (χ3n) is 5.00. The first kappa shape index (κ1) is 25.4. The van der Waals surface area contributed by atoms with E-state index >= 15 is 0 Å². The van der Waals surface area contributed by atoms with Crippen LogP contribution in [0.2, 0.25) is 0 Å². The topological polar surface area (TPSA) is 90.6 Å². The second-order valence-electron chi connectivity index (χ2n) is 7.32. The summed E-state index contributed by atoms with van der Waals surface area (Å²) in [5, 5.41) is 13.1. The van der Waals surface area contributed by atoms with Gasteiger partial charge in [-0.05, 0) is 66.7 Å². The molecule has 36 heavy (non-hydrogen) atoms. The number of thioether (sulfide) groups is 1. The van der Waals surface area contributed by atoms with Gasteiger partial charge in [-0.1, -0.05) is 27.7 Å². The molecule has 4 rings (SSSR count). The quantitative estimate of drug-likeness (QED) is 0.171. The normalized spacial score (nSPS) is 11.0. The average Bonchev–Trinajstić information content (AvgIpc) is 3.33. The molecule has 0 unspecified atom stereocenters. The van der Waals surface area contributed by atoms with Crippen LogP contribution < -0.4 is 14.9 Å². The van der Waals surface area contributed by atoms with Crippen LogP contribution in [-0.4, -0.2) is 46.9 Å². The highest BCUT2D eigenvalue weighted by atomic mass is 79.9. The van der Waals surface area contributed by atoms with Crippen LogP contribution in [0.25, 0.3) is 17.1 Å². The van der Waals surface area contributed by atoms with Crippen molar-refractivity contribution in [1.82, 2.24) is 20.2 Å². The molecule has 0 spiro atoms. The lowest BCUT2D eigenvalue weighted by atomic mass is 10.2. The van der Waals surface area contributed by atoms with E-state index in [0.29, 0.717) is 21.2 Å². The molecular formula is C25H21BrFN5O3S. The van der Waals surface area contributed by atoms with E-state index in [9.17, 15) is 9.18 Å². The highest BCUT2D eigenvalue weighted by Crippen LogP contribution is 2.29. The lowest BCUT2D eigenvalue weighted by Gasteiger charge is -2.11. The van der Waals surface area contributed by atoms with Crippen molar-refractivity contribution >= 4 is 39.8 Å². The molecule has 4 aromatic rings. The Balaban J connectivity index is 1.53. The number of halogens is 2. The van der Waals surface area contributed by atoms with Crippen molar-refractivity contribution in [1.29, 1.82) is 0 Å². The minimum absolute atomic E-state index is 0.0230. The van der Waals surface area contributed by atoms with E-state index < -0.39 is 5.82 Å². The van der Waals surface area contributed by atoms with Crippen LogP contribution in [0.3, 0.4) is 0 Å². The van der Waals surface area contributed by atoms with Crippen molar-refractivity contribution in [3.05, 3.63) is 82.6 Å². The highest BCUT2D eigenvalue weighted by Gasteiger charge is 2.17. The SMILES string of the molecule is COc1ccc(-c2nnc(SCC(=O)NN=Cc3cc(Br)ccc3F)n2-c2ccc(OC)cc2)cc1. The summed E-state index contributed by atoms with van der Waals surface area (Å²) in [6.07, 6.45) is 1.25. The molecule has 11 heteroatoms. The smallest absolute Gasteiger partial charge is 0.250 e. The second-order valence-corrected chi connectivity index (χ2v) is 9.17. The number of nitrogens with zero attached hydrogens (tertiary/aromatic N) is 4. The van der Waals surface area contributed by atoms with E-state index in [0.717, 1.165) is 17.0 Å². The fourth-order valence-corrected chi connectivity index (χ4v) is 4.33. The Hall–Kier alpha value is -3.70. The molecule has 184 valence electrons. The molecule has 0 aliphatic rings. The molecule has 0 saturated heterocycles. The first-order valence-corrected chi connectivity index (χ1v) is 12.4. The highest BCUT2D eigenvalue weighted by molar-refractivity contribution is 9.10. The Labute approximate surface area is 219 Å². The maximum absolute atomic E-state index is 13.8. The number of benzene rings is 3. The maximum Gasteiger partial charge on any atom is 0.250 e. The first-order valence-electron chi connectivity index (χ1n) is 10.6. The number of amides is 1. The number of ether oxygens (including phenoxy) is 2. The molecule has 1 aromatic heterocycles. The predicted octanol–water partition coefficient (Wildman–Crippen LogP) is 5.10. The second kappa shape index (κ2) is 11.8. The van der Waals surface area contributed by atoms with Gasteiger partial charge in [-0.25, -0.2) is 9.82 Å². The molecule has 0 atom stereocenters. The van der Waals surface area contributed by atoms with Crippen LogP contribution in [0.1, 0.15) is 5.56 Å². The molecule has 1 amide bonds. The molecule has 0 aliphatic heterocycles. The number of carbonyl (C=O) groups excluding carboxylic acids is 1. The van der Waals surface area contributed by atoms with E-state index in [2.05, 4.69) is 36.7 Å². The number of hydrogen-bond acceptors (Lipinski definition) is 7. The Morgan fingerprint density at radius 2 is 1.72 bits per heavy atom. The predicted molar refractivity (Wildman–Crippen MR) is 140 cm³/mol. The Morgan fingerprint density at radius 1 is 1.06 bits per heavy atom. The first-order chi connectivity index (χ1) is 17.5. The van der Waals surface area contributed by atoms with Crippen molar-refractivity contribution in [3.8, 4) is 28.6 Å². The van der Waals surface area contributed by atoms with Gasteiger partial charge in [0, 0.05) is 21.3 Å². The molecule has 0 fully saturated rings. The summed E-state index contributed by atoms with van der Waals surface area (Å²) < 4.78 is 26.9. The monoisotopic (exact) mass is 569 g/mol. The maximum atomic E-state index is 13.8. The van der Waals surface area contributed by atoms with E-state index in [1.165, 1.54) is 24.0 Å². The molecule has 0 bridgehead atoms. The van der Waals surface area contributed by atoms with Gasteiger partial charge in [0.05, 0.1) is 26.2 Å². The van der Waals surface area contributed by atoms with Crippen LogP contribution in [-0.2, 0) is 4.79 Å². The zero-order valence-electron chi connectivity index (χ0n) is 19.3. The van der Waals surface area contributed by atoms with Crippen molar-refractivity contribution in [2.24, 2.45) is 5.10 Å². The fourth-order valence-electron chi connectivity index (χ4n) is 3.20. The molecule has 0 aliphatic carbocycles. The number of hydrazone groups is 1. The summed E-state index contributed by atoms with van der Waals surface area (Å²) in [5.74, 6) is 1.25. The average molecular weight is 570 g/mol. The van der Waals surface area contributed by atoms with Crippen molar-refractivity contribution in [2.75, 3.05) is 20.0 Å². The van der Waals surface area contributed by atoms with E-state index in [-0.39, 0.29) is 17.2 Å². The summed E-state index contributed by atoms with van der Waals surface area (Å²) in [6, 6.07) is 19.4. The van der Waals surface area contributed by atoms with Crippen LogP contribution in [0.4, 0.5) is 4.39 Å². The summed E-state index contributed by atoms with van der Waals surface area (Å²) in [7, 11) is 3.21. The number of carbonyl (C=O) groups is 1. The van der Waals surface area contributed by atoms with Gasteiger partial charge in [0.25, 0.3) is 5.91 Å². The third kappa shape index (κ3) is 6.10. The van der Waals surface area contributed by atoms with Crippen molar-refractivity contribution in [3.63, 3.8) is 0 Å². The van der Waals surface area contributed by atoms with Gasteiger partial charge >= 0.3 is 0 Å². The van der Waals surface area contributed by atoms with Crippen LogP contribution >= 0.6 is 27.7 Å². The zero-order valence-corrected chi connectivity index (χ0v) is 21.7. The van der Waals surface area contributed by atoms with E-state index in [1.807, 2.05) is 53.1 Å². The van der Waals surface area contributed by atoms with Gasteiger partial charge in [-0.3, -0.25) is 9.36 Å². The third-order valence-corrected chi connectivity index (χ3v) is 6.42. The Bertz CT molecular complexity index is 1380. The van der Waals surface area contributed by atoms with Crippen molar-refractivity contribution < 1.29 is 18.7 Å². The summed E-state index contributed by atoms with van der Waals surface area (Å²) in [5.41, 5.74) is 4.30. The number of rotatable bonds is 9. The minimum atomic E-state index is -0.441. The molecule has 8 nitrogen and oxygen atoms in total. The molecule has 0 radical (unpaired) electrons. The summed E-state index contributed by atoms with van der Waals surface area (Å²) >= 11 is 4.48. The Morgan fingerprint density at radius 3 is 2.39 bits per heavy atom. The standard InChI is InChI=1S/C25H21BrFN5O3S/c1-34-20-8-3-16(4-9-20)24-30-31-25(32(24)19-6-10-21(35-2)11-7-19)36-15-23(33)29-28-14-17-13-18(26)5-12-22(17)27/h3-14H,15H2,1-2H3,(H,29,33). The fraction of sp³-hybridized carbons (Fsp3) is 0.120. The van der Waals surface area contributed by atoms with Gasteiger partial charge in [0.2, 0.25) is 0 Å².